The first-order valence-corrected chi connectivity index (χ1v) is 15.5. The molecule has 14 heteroatoms. The molecule has 5 aromatic rings. The lowest BCUT2D eigenvalue weighted by Gasteiger charge is -2.31. The first-order valence-electron chi connectivity index (χ1n) is 15.5. The van der Waals surface area contributed by atoms with Gasteiger partial charge >= 0.3 is 11.9 Å². The average Bonchev–Trinajstić information content (AvgIpc) is 3.60. The van der Waals surface area contributed by atoms with Crippen molar-refractivity contribution in [3.8, 4) is 23.0 Å². The molecule has 2 fully saturated rings. The molecule has 0 aliphatic carbocycles. The number of benzene rings is 5. The zero-order chi connectivity index (χ0) is 34.7. The summed E-state index contributed by atoms with van der Waals surface area (Å²) in [4.78, 5) is 80.7. The second-order valence-corrected chi connectivity index (χ2v) is 13.1. The van der Waals surface area contributed by atoms with Crippen molar-refractivity contribution in [1.29, 1.82) is 0 Å². The van der Waals surface area contributed by atoms with E-state index in [4.69, 9.17) is 18.9 Å². The predicted molar refractivity (Wildman–Crippen MR) is 169 cm³/mol. The van der Waals surface area contributed by atoms with Crippen LogP contribution in [0.15, 0.2) is 25.2 Å². The number of aromatic hydroxyl groups is 4. The molecule has 6 atom stereocenters. The second kappa shape index (κ2) is 9.30. The standard InChI is InChI=1S/C35H24O14/c1-7-4-10-18(30(42)21-20(26(10)38)28(40)16-8(2)46-11-5-13(36)48-34(11)24(16)32(21)44)19-15(7)27(39)22-23(31(19)43)29(41)17-9(3)47-12-6-14(37)49-35(12)25(17)33(22)45/h4,8-9,11-12,34-35,38-39,42-43H,5-6H2,1-3H3/t8-,9+,11-,12+,34+,35-/m1/s1. The molecule has 9 rings (SSSR count). The third kappa shape index (κ3) is 3.41. The van der Waals surface area contributed by atoms with Gasteiger partial charge in [0.15, 0.2) is 33.9 Å². The Morgan fingerprint density at radius 2 is 0.918 bits per heavy atom. The molecule has 4 aliphatic rings. The normalized spacial score (nSPS) is 25.8. The molecule has 0 unspecified atom stereocenters. The quantitative estimate of drug-likeness (QED) is 0.0807. The van der Waals surface area contributed by atoms with Crippen LogP contribution in [0.25, 0.3) is 43.1 Å². The van der Waals surface area contributed by atoms with E-state index in [9.17, 15) is 49.2 Å². The van der Waals surface area contributed by atoms with E-state index in [1.165, 1.54) is 26.8 Å². The van der Waals surface area contributed by atoms with Gasteiger partial charge in [0.2, 0.25) is 0 Å². The van der Waals surface area contributed by atoms with Crippen LogP contribution in [0.4, 0.5) is 0 Å². The molecular formula is C35H24O14. The third-order valence-corrected chi connectivity index (χ3v) is 10.5. The number of esters is 2. The topological polar surface area (TPSA) is 220 Å². The molecule has 0 aromatic heterocycles. The predicted octanol–water partition coefficient (Wildman–Crippen LogP) is 2.64. The second-order valence-electron chi connectivity index (χ2n) is 13.1. The first kappa shape index (κ1) is 29.5. The van der Waals surface area contributed by atoms with Crippen LogP contribution < -0.4 is 21.7 Å². The van der Waals surface area contributed by atoms with Gasteiger partial charge in [0.25, 0.3) is 0 Å². The van der Waals surface area contributed by atoms with Crippen molar-refractivity contribution in [2.24, 2.45) is 0 Å². The number of phenolic OH excluding ortho intramolecular Hbond substituents is 4. The van der Waals surface area contributed by atoms with Gasteiger partial charge in [-0.2, -0.15) is 0 Å². The number of carbonyl (C=O) groups is 2. The summed E-state index contributed by atoms with van der Waals surface area (Å²) in [6, 6.07) is 1.29. The Morgan fingerprint density at radius 3 is 1.39 bits per heavy atom. The maximum Gasteiger partial charge on any atom is 0.309 e. The van der Waals surface area contributed by atoms with Crippen molar-refractivity contribution in [2.45, 2.75) is 70.2 Å². The van der Waals surface area contributed by atoms with E-state index in [1.54, 1.807) is 0 Å². The van der Waals surface area contributed by atoms with E-state index in [1.807, 2.05) is 0 Å². The average molecular weight is 669 g/mol. The number of hydrogen-bond acceptors (Lipinski definition) is 14. The zero-order valence-electron chi connectivity index (χ0n) is 25.8. The SMILES string of the molecule is Cc1cc2c(O)c3c(=O)c4c(c(=O)c3c(O)c2c2c(O)c3c(=O)c5c(c(=O)c3c(O)c12)[C@@H]1OC(=O)C[C@@H]1O[C@H]5C)[C@H]1OC(=O)C[C@H]1O[C@@H]4C. The monoisotopic (exact) mass is 668 g/mol. The molecule has 0 amide bonds. The van der Waals surface area contributed by atoms with Gasteiger partial charge in [-0.05, 0) is 32.4 Å². The minimum absolute atomic E-state index is 0.137. The Morgan fingerprint density at radius 1 is 0.531 bits per heavy atom. The van der Waals surface area contributed by atoms with Gasteiger partial charge in [-0.1, -0.05) is 0 Å². The van der Waals surface area contributed by atoms with Crippen LogP contribution in [-0.2, 0) is 28.5 Å². The Balaban J connectivity index is 1.47. The van der Waals surface area contributed by atoms with Gasteiger partial charge in [-0.25, -0.2) is 0 Å². The summed E-state index contributed by atoms with van der Waals surface area (Å²) in [5, 5.41) is 43.6. The molecule has 5 aromatic carbocycles. The molecule has 0 bridgehead atoms. The van der Waals surface area contributed by atoms with Crippen molar-refractivity contribution in [1.82, 2.24) is 0 Å². The molecule has 4 aliphatic heterocycles. The van der Waals surface area contributed by atoms with E-state index in [0.29, 0.717) is 0 Å². The number of carbonyl (C=O) groups excluding carboxylic acids is 2. The fraction of sp³-hybridized carbons (Fsp3) is 0.314. The molecule has 0 radical (unpaired) electrons. The van der Waals surface area contributed by atoms with Crippen molar-refractivity contribution in [3.05, 3.63) is 74.8 Å². The van der Waals surface area contributed by atoms with Gasteiger partial charge in [-0.15, -0.1) is 0 Å². The maximum atomic E-state index is 14.2. The van der Waals surface area contributed by atoms with Gasteiger partial charge < -0.3 is 39.4 Å². The highest BCUT2D eigenvalue weighted by Gasteiger charge is 2.48. The van der Waals surface area contributed by atoms with Crippen LogP contribution in [0.1, 0.15) is 78.9 Å². The summed E-state index contributed by atoms with van der Waals surface area (Å²) in [6.45, 7) is 4.47. The van der Waals surface area contributed by atoms with E-state index < -0.39 is 120 Å². The number of rotatable bonds is 0. The Bertz CT molecular complexity index is 2700. The van der Waals surface area contributed by atoms with Crippen molar-refractivity contribution >= 4 is 55.0 Å². The fourth-order valence-corrected chi connectivity index (χ4v) is 8.52. The smallest absolute Gasteiger partial charge is 0.309 e. The summed E-state index contributed by atoms with van der Waals surface area (Å²) in [7, 11) is 0. The van der Waals surface area contributed by atoms with Crippen molar-refractivity contribution < 1.29 is 49.0 Å². The number of hydrogen-bond donors (Lipinski definition) is 4. The van der Waals surface area contributed by atoms with Crippen LogP contribution in [0.2, 0.25) is 0 Å². The van der Waals surface area contributed by atoms with Gasteiger partial charge in [0.05, 0.1) is 57.7 Å². The minimum atomic E-state index is -1.25. The molecule has 4 N–H and O–H groups in total. The Labute approximate surface area is 271 Å². The molecule has 0 saturated carbocycles. The molecule has 14 nitrogen and oxygen atoms in total. The summed E-state index contributed by atoms with van der Waals surface area (Å²) in [5.41, 5.74) is -4.09. The van der Waals surface area contributed by atoms with Crippen LogP contribution in [0.3, 0.4) is 0 Å². The molecule has 248 valence electrons. The van der Waals surface area contributed by atoms with E-state index in [0.717, 1.165) is 0 Å². The highest BCUT2D eigenvalue weighted by Crippen LogP contribution is 2.52. The van der Waals surface area contributed by atoms with Crippen LogP contribution in [0, 0.1) is 6.92 Å². The lowest BCUT2D eigenvalue weighted by Crippen LogP contribution is -2.36. The lowest BCUT2D eigenvalue weighted by molar-refractivity contribution is -0.144. The van der Waals surface area contributed by atoms with Gasteiger partial charge in [-0.3, -0.25) is 28.8 Å². The highest BCUT2D eigenvalue weighted by molar-refractivity contribution is 6.27. The molecule has 2 saturated heterocycles. The highest BCUT2D eigenvalue weighted by atomic mass is 16.6. The number of ether oxygens (including phenoxy) is 4. The number of phenols is 4. The maximum absolute atomic E-state index is 14.2. The molecule has 4 heterocycles. The lowest BCUT2D eigenvalue weighted by atomic mass is 9.84. The van der Waals surface area contributed by atoms with Crippen molar-refractivity contribution in [3.63, 3.8) is 0 Å². The summed E-state index contributed by atoms with van der Waals surface area (Å²) < 4.78 is 22.3. The van der Waals surface area contributed by atoms with Gasteiger partial charge in [0.1, 0.15) is 35.2 Å². The minimum Gasteiger partial charge on any atom is -0.506 e. The summed E-state index contributed by atoms with van der Waals surface area (Å²) in [6.07, 6.45) is -6.46. The molecular weight excluding hydrogens is 644 g/mol. The summed E-state index contributed by atoms with van der Waals surface area (Å²) >= 11 is 0. The van der Waals surface area contributed by atoms with E-state index in [2.05, 4.69) is 0 Å². The Hall–Kier alpha value is -5.60. The van der Waals surface area contributed by atoms with Crippen LogP contribution in [-0.4, -0.2) is 44.6 Å². The van der Waals surface area contributed by atoms with Gasteiger partial charge in [0, 0.05) is 32.7 Å². The number of fused-ring (bicyclic) bond motifs is 11. The zero-order valence-corrected chi connectivity index (χ0v) is 25.8. The number of aryl methyl sites for hydroxylation is 1. The molecule has 0 spiro atoms. The van der Waals surface area contributed by atoms with Crippen LogP contribution in [0.5, 0.6) is 23.0 Å². The Kier molecular flexibility index (Phi) is 5.60. The largest absolute Gasteiger partial charge is 0.506 e. The molecule has 49 heavy (non-hydrogen) atoms. The first-order chi connectivity index (χ1) is 23.2. The van der Waals surface area contributed by atoms with Crippen molar-refractivity contribution in [2.75, 3.05) is 0 Å². The summed E-state index contributed by atoms with van der Waals surface area (Å²) in [5.74, 6) is -4.49. The van der Waals surface area contributed by atoms with Crippen LogP contribution >= 0.6 is 0 Å². The van der Waals surface area contributed by atoms with E-state index in [-0.39, 0.29) is 56.8 Å². The third-order valence-electron chi connectivity index (χ3n) is 10.5. The van der Waals surface area contributed by atoms with E-state index >= 15 is 0 Å². The fourth-order valence-electron chi connectivity index (χ4n) is 8.52.